The molecule has 0 amide bonds. The highest BCUT2D eigenvalue weighted by Gasteiger charge is 2.17. The lowest BCUT2D eigenvalue weighted by Gasteiger charge is -2.11. The van der Waals surface area contributed by atoms with Gasteiger partial charge in [0.2, 0.25) is 0 Å². The summed E-state index contributed by atoms with van der Waals surface area (Å²) in [5, 5.41) is 1.81. The van der Waals surface area contributed by atoms with Crippen LogP contribution in [0.3, 0.4) is 0 Å². The van der Waals surface area contributed by atoms with Gasteiger partial charge in [0.05, 0.1) is 11.0 Å². The van der Waals surface area contributed by atoms with Crippen LogP contribution < -0.4 is 0 Å². The number of benzene rings is 3. The van der Waals surface area contributed by atoms with Gasteiger partial charge >= 0.3 is 0 Å². The van der Waals surface area contributed by atoms with E-state index in [0.717, 1.165) is 44.1 Å². The minimum atomic E-state index is 0.0524. The molecule has 116 valence electrons. The third-order valence-electron chi connectivity index (χ3n) is 4.30. The molecule has 0 fully saturated rings. The Morgan fingerprint density at radius 1 is 0.750 bits per heavy atom. The molecule has 0 saturated heterocycles. The highest BCUT2D eigenvalue weighted by atomic mass is 16.1. The van der Waals surface area contributed by atoms with Crippen molar-refractivity contribution in [2.45, 2.75) is 13.8 Å². The van der Waals surface area contributed by atoms with Crippen LogP contribution in [0.15, 0.2) is 66.7 Å². The Balaban J connectivity index is 2.08. The van der Waals surface area contributed by atoms with Gasteiger partial charge < -0.3 is 0 Å². The fourth-order valence-electron chi connectivity index (χ4n) is 3.33. The monoisotopic (exact) mass is 311 g/mol. The van der Waals surface area contributed by atoms with Crippen molar-refractivity contribution in [3.05, 3.63) is 89.0 Å². The summed E-state index contributed by atoms with van der Waals surface area (Å²) in [6, 6.07) is 21.7. The summed E-state index contributed by atoms with van der Waals surface area (Å²) in [6.45, 7) is 4.04. The maximum absolute atomic E-state index is 13.4. The first-order chi connectivity index (χ1) is 11.6. The number of hydrogen-bond donors (Lipinski definition) is 0. The predicted molar refractivity (Wildman–Crippen MR) is 98.6 cm³/mol. The quantitative estimate of drug-likeness (QED) is 0.374. The van der Waals surface area contributed by atoms with E-state index in [4.69, 9.17) is 4.98 Å². The summed E-state index contributed by atoms with van der Waals surface area (Å²) in [7, 11) is 0. The van der Waals surface area contributed by atoms with Crippen molar-refractivity contribution in [3.8, 4) is 0 Å². The van der Waals surface area contributed by atoms with E-state index in [1.807, 2.05) is 74.5 Å². The molecule has 0 bridgehead atoms. The van der Waals surface area contributed by atoms with Gasteiger partial charge in [-0.15, -0.1) is 0 Å². The van der Waals surface area contributed by atoms with Crippen LogP contribution in [0.5, 0.6) is 0 Å². The lowest BCUT2D eigenvalue weighted by atomic mass is 9.94. The Hall–Kier alpha value is -3.00. The molecule has 1 aromatic heterocycles. The van der Waals surface area contributed by atoms with Crippen LogP contribution in [0.1, 0.15) is 27.0 Å². The summed E-state index contributed by atoms with van der Waals surface area (Å²) in [5.74, 6) is 0.0524. The molecule has 0 atom stereocenters. The van der Waals surface area contributed by atoms with E-state index < -0.39 is 0 Å². The molecule has 0 saturated carbocycles. The largest absolute Gasteiger partial charge is 0.289 e. The molecule has 0 radical (unpaired) electrons. The standard InChI is InChI=1S/C22H17NO/c1-14-11-15(2)13-16(12-14)22(24)21-17-7-3-5-9-19(17)23-20-10-6-4-8-18(20)21/h3-13H,1-2H3. The van der Waals surface area contributed by atoms with E-state index in [-0.39, 0.29) is 5.78 Å². The molecule has 0 spiro atoms. The zero-order chi connectivity index (χ0) is 16.7. The van der Waals surface area contributed by atoms with Gasteiger partial charge in [0, 0.05) is 21.9 Å². The predicted octanol–water partition coefficient (Wildman–Crippen LogP) is 5.24. The Morgan fingerprint density at radius 2 is 1.25 bits per heavy atom. The van der Waals surface area contributed by atoms with Crippen LogP contribution in [0, 0.1) is 13.8 Å². The third kappa shape index (κ3) is 2.37. The van der Waals surface area contributed by atoms with Gasteiger partial charge in [-0.2, -0.15) is 0 Å². The molecule has 0 N–H and O–H groups in total. The number of para-hydroxylation sites is 2. The van der Waals surface area contributed by atoms with Crippen molar-refractivity contribution in [1.29, 1.82) is 0 Å². The first-order valence-corrected chi connectivity index (χ1v) is 8.04. The number of aromatic nitrogens is 1. The number of fused-ring (bicyclic) bond motifs is 2. The van der Waals surface area contributed by atoms with Gasteiger partial charge in [0.1, 0.15) is 0 Å². The fourth-order valence-corrected chi connectivity index (χ4v) is 3.33. The topological polar surface area (TPSA) is 30.0 Å². The molecule has 2 nitrogen and oxygen atoms in total. The fraction of sp³-hybridized carbons (Fsp3) is 0.0909. The first kappa shape index (κ1) is 14.6. The Labute approximate surface area is 140 Å². The molecule has 0 aliphatic rings. The van der Waals surface area contributed by atoms with E-state index >= 15 is 0 Å². The number of nitrogens with zero attached hydrogens (tertiary/aromatic N) is 1. The SMILES string of the molecule is Cc1cc(C)cc(C(=O)c2c3ccccc3nc3ccccc23)c1. The molecule has 0 aliphatic carbocycles. The van der Waals surface area contributed by atoms with Gasteiger partial charge in [-0.3, -0.25) is 4.79 Å². The molecule has 2 heteroatoms. The molecule has 0 unspecified atom stereocenters. The second kappa shape index (κ2) is 5.57. The van der Waals surface area contributed by atoms with Crippen molar-refractivity contribution in [2.75, 3.05) is 0 Å². The van der Waals surface area contributed by atoms with Crippen molar-refractivity contribution >= 4 is 27.6 Å². The summed E-state index contributed by atoms with van der Waals surface area (Å²) < 4.78 is 0. The minimum absolute atomic E-state index is 0.0524. The van der Waals surface area contributed by atoms with Crippen LogP contribution in [0.2, 0.25) is 0 Å². The molecular formula is C22H17NO. The molecule has 4 rings (SSSR count). The van der Waals surface area contributed by atoms with Gasteiger partial charge in [-0.05, 0) is 38.1 Å². The van der Waals surface area contributed by atoms with E-state index in [2.05, 4.69) is 6.07 Å². The smallest absolute Gasteiger partial charge is 0.194 e. The zero-order valence-electron chi connectivity index (χ0n) is 13.7. The molecular weight excluding hydrogens is 294 g/mol. The third-order valence-corrected chi connectivity index (χ3v) is 4.30. The zero-order valence-corrected chi connectivity index (χ0v) is 13.7. The Bertz CT molecular complexity index is 1020. The van der Waals surface area contributed by atoms with Crippen molar-refractivity contribution < 1.29 is 4.79 Å². The van der Waals surface area contributed by atoms with Gasteiger partial charge in [0.25, 0.3) is 0 Å². The summed E-state index contributed by atoms with van der Waals surface area (Å²) in [5.41, 5.74) is 5.37. The van der Waals surface area contributed by atoms with Crippen LogP contribution >= 0.6 is 0 Å². The summed E-state index contributed by atoms with van der Waals surface area (Å²) in [6.07, 6.45) is 0. The average Bonchev–Trinajstić information content (AvgIpc) is 2.58. The normalized spacial score (nSPS) is 11.1. The number of aryl methyl sites for hydroxylation is 2. The number of carbonyl (C=O) groups is 1. The van der Waals surface area contributed by atoms with Crippen LogP contribution in [0.25, 0.3) is 21.8 Å². The lowest BCUT2D eigenvalue weighted by Crippen LogP contribution is -2.05. The molecule has 4 aromatic rings. The second-order valence-corrected chi connectivity index (χ2v) is 6.23. The second-order valence-electron chi connectivity index (χ2n) is 6.23. The maximum Gasteiger partial charge on any atom is 0.194 e. The Kier molecular flexibility index (Phi) is 3.39. The van der Waals surface area contributed by atoms with Crippen LogP contribution in [-0.2, 0) is 0 Å². The molecule has 0 aliphatic heterocycles. The maximum atomic E-state index is 13.4. The number of ketones is 1. The van der Waals surface area contributed by atoms with E-state index in [1.165, 1.54) is 0 Å². The number of carbonyl (C=O) groups excluding carboxylic acids is 1. The number of hydrogen-bond acceptors (Lipinski definition) is 2. The summed E-state index contributed by atoms with van der Waals surface area (Å²) >= 11 is 0. The van der Waals surface area contributed by atoms with Gasteiger partial charge in [-0.1, -0.05) is 53.6 Å². The van der Waals surface area contributed by atoms with Crippen molar-refractivity contribution in [3.63, 3.8) is 0 Å². The Morgan fingerprint density at radius 3 is 1.79 bits per heavy atom. The van der Waals surface area contributed by atoms with Crippen molar-refractivity contribution in [2.24, 2.45) is 0 Å². The van der Waals surface area contributed by atoms with E-state index in [9.17, 15) is 4.79 Å². The first-order valence-electron chi connectivity index (χ1n) is 8.04. The number of pyridine rings is 1. The highest BCUT2D eigenvalue weighted by molar-refractivity contribution is 6.23. The van der Waals surface area contributed by atoms with Crippen LogP contribution in [-0.4, -0.2) is 10.8 Å². The van der Waals surface area contributed by atoms with Gasteiger partial charge in [-0.25, -0.2) is 4.98 Å². The molecule has 1 heterocycles. The number of rotatable bonds is 2. The lowest BCUT2D eigenvalue weighted by molar-refractivity contribution is 0.104. The average molecular weight is 311 g/mol. The van der Waals surface area contributed by atoms with E-state index in [1.54, 1.807) is 0 Å². The molecule has 24 heavy (non-hydrogen) atoms. The van der Waals surface area contributed by atoms with Gasteiger partial charge in [0.15, 0.2) is 5.78 Å². The molecule has 3 aromatic carbocycles. The van der Waals surface area contributed by atoms with Crippen molar-refractivity contribution in [1.82, 2.24) is 4.98 Å². The highest BCUT2D eigenvalue weighted by Crippen LogP contribution is 2.28. The summed E-state index contributed by atoms with van der Waals surface area (Å²) in [4.78, 5) is 18.0. The van der Waals surface area contributed by atoms with Crippen LogP contribution in [0.4, 0.5) is 0 Å². The van der Waals surface area contributed by atoms with E-state index in [0.29, 0.717) is 0 Å². The minimum Gasteiger partial charge on any atom is -0.289 e.